The summed E-state index contributed by atoms with van der Waals surface area (Å²) < 4.78 is 18.6. The Labute approximate surface area is 104 Å². The number of unbranched alkanes of at least 4 members (excludes halogenated alkanes) is 1. The van der Waals surface area contributed by atoms with E-state index in [-0.39, 0.29) is 5.82 Å². The Kier molecular flexibility index (Phi) is 6.42. The summed E-state index contributed by atoms with van der Waals surface area (Å²) in [6.07, 6.45) is 2.23. The smallest absolute Gasteiger partial charge is 0.169 e. The molecule has 1 rings (SSSR count). The fourth-order valence-corrected chi connectivity index (χ4v) is 1.81. The fraction of sp³-hybridized carbons (Fsp3) is 0.500. The molecule has 0 spiro atoms. The van der Waals surface area contributed by atoms with Crippen LogP contribution in [0.15, 0.2) is 18.2 Å². The lowest BCUT2D eigenvalue weighted by Gasteiger charge is -2.08. The standard InChI is InChI=1S/C12H17BrFNO/c1-16-11-6-4-5-10(12(11)14)9-15-8-3-2-7-13/h4-6,15H,2-3,7-9H2,1H3. The van der Waals surface area contributed by atoms with E-state index in [1.807, 2.05) is 0 Å². The van der Waals surface area contributed by atoms with Crippen LogP contribution in [0.5, 0.6) is 5.75 Å². The first-order valence-corrected chi connectivity index (χ1v) is 6.49. The quantitative estimate of drug-likeness (QED) is 0.615. The van der Waals surface area contributed by atoms with Crippen molar-refractivity contribution in [1.82, 2.24) is 5.32 Å². The van der Waals surface area contributed by atoms with E-state index in [2.05, 4.69) is 21.2 Å². The van der Waals surface area contributed by atoms with Gasteiger partial charge in [0.2, 0.25) is 0 Å². The largest absolute Gasteiger partial charge is 0.494 e. The van der Waals surface area contributed by atoms with E-state index < -0.39 is 0 Å². The molecule has 16 heavy (non-hydrogen) atoms. The zero-order chi connectivity index (χ0) is 11.8. The van der Waals surface area contributed by atoms with Crippen LogP contribution in [0.4, 0.5) is 4.39 Å². The van der Waals surface area contributed by atoms with Gasteiger partial charge < -0.3 is 10.1 Å². The summed E-state index contributed by atoms with van der Waals surface area (Å²) >= 11 is 3.37. The zero-order valence-electron chi connectivity index (χ0n) is 9.43. The van der Waals surface area contributed by atoms with Gasteiger partial charge in [-0.3, -0.25) is 0 Å². The van der Waals surface area contributed by atoms with Gasteiger partial charge in [-0.1, -0.05) is 28.1 Å². The van der Waals surface area contributed by atoms with Gasteiger partial charge in [0.05, 0.1) is 7.11 Å². The highest BCUT2D eigenvalue weighted by Crippen LogP contribution is 2.19. The minimum Gasteiger partial charge on any atom is -0.494 e. The van der Waals surface area contributed by atoms with Crippen LogP contribution in [0.25, 0.3) is 0 Å². The topological polar surface area (TPSA) is 21.3 Å². The minimum atomic E-state index is -0.266. The lowest BCUT2D eigenvalue weighted by atomic mass is 10.2. The molecular weight excluding hydrogens is 273 g/mol. The van der Waals surface area contributed by atoms with Crippen LogP contribution in [-0.2, 0) is 6.54 Å². The molecule has 0 unspecified atom stereocenters. The third-order valence-electron chi connectivity index (χ3n) is 2.32. The Balaban J connectivity index is 2.41. The van der Waals surface area contributed by atoms with Crippen molar-refractivity contribution in [2.45, 2.75) is 19.4 Å². The van der Waals surface area contributed by atoms with Gasteiger partial charge in [-0.25, -0.2) is 4.39 Å². The third-order valence-corrected chi connectivity index (χ3v) is 2.88. The Morgan fingerprint density at radius 3 is 2.88 bits per heavy atom. The predicted octanol–water partition coefficient (Wildman–Crippen LogP) is 3.10. The van der Waals surface area contributed by atoms with E-state index in [1.54, 1.807) is 18.2 Å². The first-order valence-electron chi connectivity index (χ1n) is 5.37. The number of ether oxygens (including phenoxy) is 1. The zero-order valence-corrected chi connectivity index (χ0v) is 11.0. The van der Waals surface area contributed by atoms with Gasteiger partial charge in [0, 0.05) is 17.4 Å². The van der Waals surface area contributed by atoms with Crippen molar-refractivity contribution >= 4 is 15.9 Å². The number of nitrogens with one attached hydrogen (secondary N) is 1. The molecule has 1 aromatic rings. The van der Waals surface area contributed by atoms with Gasteiger partial charge in [0.15, 0.2) is 11.6 Å². The van der Waals surface area contributed by atoms with Crippen LogP contribution in [0.2, 0.25) is 0 Å². The lowest BCUT2D eigenvalue weighted by Crippen LogP contribution is -2.15. The molecule has 0 heterocycles. The third kappa shape index (κ3) is 4.10. The summed E-state index contributed by atoms with van der Waals surface area (Å²) in [5.74, 6) is 0.0396. The maximum absolute atomic E-state index is 13.7. The maximum atomic E-state index is 13.7. The molecule has 1 N–H and O–H groups in total. The summed E-state index contributed by atoms with van der Waals surface area (Å²) in [7, 11) is 1.48. The van der Waals surface area contributed by atoms with Crippen molar-refractivity contribution in [3.63, 3.8) is 0 Å². The van der Waals surface area contributed by atoms with Gasteiger partial charge >= 0.3 is 0 Å². The number of alkyl halides is 1. The van der Waals surface area contributed by atoms with Crippen molar-refractivity contribution in [3.05, 3.63) is 29.6 Å². The molecule has 0 aromatic heterocycles. The van der Waals surface area contributed by atoms with Gasteiger partial charge in [0.25, 0.3) is 0 Å². The van der Waals surface area contributed by atoms with Gasteiger partial charge in [-0.15, -0.1) is 0 Å². The number of methoxy groups -OCH3 is 1. The molecule has 0 radical (unpaired) electrons. The number of halogens is 2. The van der Waals surface area contributed by atoms with Crippen LogP contribution < -0.4 is 10.1 Å². The normalized spacial score (nSPS) is 10.4. The minimum absolute atomic E-state index is 0.266. The second-order valence-corrected chi connectivity index (χ2v) is 4.30. The van der Waals surface area contributed by atoms with Crippen LogP contribution >= 0.6 is 15.9 Å². The molecular formula is C12H17BrFNO. The molecule has 2 nitrogen and oxygen atoms in total. The van der Waals surface area contributed by atoms with Gasteiger partial charge in [-0.2, -0.15) is 0 Å². The summed E-state index contributed by atoms with van der Waals surface area (Å²) in [5, 5.41) is 4.23. The molecule has 0 saturated carbocycles. The molecule has 0 aliphatic rings. The highest BCUT2D eigenvalue weighted by Gasteiger charge is 2.06. The van der Waals surface area contributed by atoms with Crippen LogP contribution in [0.1, 0.15) is 18.4 Å². The second-order valence-electron chi connectivity index (χ2n) is 3.51. The Morgan fingerprint density at radius 2 is 2.19 bits per heavy atom. The van der Waals surface area contributed by atoms with E-state index in [4.69, 9.17) is 4.74 Å². The van der Waals surface area contributed by atoms with Crippen molar-refractivity contribution in [2.24, 2.45) is 0 Å². The first kappa shape index (κ1) is 13.5. The van der Waals surface area contributed by atoms with Crippen molar-refractivity contribution in [2.75, 3.05) is 19.0 Å². The average Bonchev–Trinajstić information content (AvgIpc) is 2.31. The second kappa shape index (κ2) is 7.63. The molecule has 1 aromatic carbocycles. The number of rotatable bonds is 7. The van der Waals surface area contributed by atoms with Crippen molar-refractivity contribution < 1.29 is 9.13 Å². The van der Waals surface area contributed by atoms with E-state index in [0.29, 0.717) is 17.9 Å². The van der Waals surface area contributed by atoms with Crippen LogP contribution in [0.3, 0.4) is 0 Å². The molecule has 0 bridgehead atoms. The SMILES string of the molecule is COc1cccc(CNCCCCBr)c1F. The molecule has 0 atom stereocenters. The van der Waals surface area contributed by atoms with Gasteiger partial charge in [0.1, 0.15) is 0 Å². The molecule has 90 valence electrons. The van der Waals surface area contributed by atoms with Crippen LogP contribution in [0, 0.1) is 5.82 Å². The molecule has 0 fully saturated rings. The highest BCUT2D eigenvalue weighted by molar-refractivity contribution is 9.09. The molecule has 0 saturated heterocycles. The molecule has 0 aliphatic carbocycles. The summed E-state index contributed by atoms with van der Waals surface area (Å²) in [6, 6.07) is 5.20. The molecule has 0 aliphatic heterocycles. The Bertz CT molecular complexity index is 320. The molecule has 0 amide bonds. The maximum Gasteiger partial charge on any atom is 0.169 e. The number of hydrogen-bond donors (Lipinski definition) is 1. The monoisotopic (exact) mass is 289 g/mol. The Morgan fingerprint density at radius 1 is 1.38 bits per heavy atom. The van der Waals surface area contributed by atoms with E-state index in [1.165, 1.54) is 7.11 Å². The lowest BCUT2D eigenvalue weighted by molar-refractivity contribution is 0.383. The average molecular weight is 290 g/mol. The van der Waals surface area contributed by atoms with E-state index in [9.17, 15) is 4.39 Å². The van der Waals surface area contributed by atoms with Gasteiger partial charge in [-0.05, 0) is 25.5 Å². The summed E-state index contributed by atoms with van der Waals surface area (Å²) in [4.78, 5) is 0. The van der Waals surface area contributed by atoms with Crippen molar-refractivity contribution in [3.8, 4) is 5.75 Å². The highest BCUT2D eigenvalue weighted by atomic mass is 79.9. The summed E-state index contributed by atoms with van der Waals surface area (Å²) in [6.45, 7) is 1.45. The van der Waals surface area contributed by atoms with Crippen LogP contribution in [-0.4, -0.2) is 19.0 Å². The summed E-state index contributed by atoms with van der Waals surface area (Å²) in [5.41, 5.74) is 0.651. The predicted molar refractivity (Wildman–Crippen MR) is 67.7 cm³/mol. The number of hydrogen-bond acceptors (Lipinski definition) is 2. The number of benzene rings is 1. The van der Waals surface area contributed by atoms with Crippen molar-refractivity contribution in [1.29, 1.82) is 0 Å². The van der Waals surface area contributed by atoms with E-state index >= 15 is 0 Å². The first-order chi connectivity index (χ1) is 7.79. The molecule has 4 heteroatoms. The Hall–Kier alpha value is -0.610. The van der Waals surface area contributed by atoms with E-state index in [0.717, 1.165) is 24.7 Å². The fourth-order valence-electron chi connectivity index (χ4n) is 1.42.